The molecule has 1 saturated heterocycles. The molecule has 1 amide bonds. The predicted octanol–water partition coefficient (Wildman–Crippen LogP) is 2.86. The van der Waals surface area contributed by atoms with Crippen molar-refractivity contribution in [3.8, 4) is 11.6 Å². The monoisotopic (exact) mass is 426 g/mol. The van der Waals surface area contributed by atoms with Gasteiger partial charge in [-0.2, -0.15) is 0 Å². The molecule has 4 rings (SSSR count). The number of furan rings is 1. The van der Waals surface area contributed by atoms with E-state index in [0.717, 1.165) is 11.1 Å². The number of carbonyl (C=O) groups excluding carboxylic acids is 1. The van der Waals surface area contributed by atoms with Crippen LogP contribution in [0.25, 0.3) is 11.0 Å². The van der Waals surface area contributed by atoms with Gasteiger partial charge in [-0.3, -0.25) is 4.79 Å². The summed E-state index contributed by atoms with van der Waals surface area (Å²) in [6, 6.07) is 7.22. The van der Waals surface area contributed by atoms with E-state index in [9.17, 15) is 9.90 Å². The Balaban J connectivity index is 1.83. The summed E-state index contributed by atoms with van der Waals surface area (Å²) in [5.74, 6) is 0.962. The maximum atomic E-state index is 12.3. The van der Waals surface area contributed by atoms with E-state index in [4.69, 9.17) is 24.4 Å². The number of primary amides is 1. The lowest BCUT2D eigenvalue weighted by molar-refractivity contribution is 0.0246. The van der Waals surface area contributed by atoms with Crippen molar-refractivity contribution < 1.29 is 28.5 Å². The van der Waals surface area contributed by atoms with Crippen molar-refractivity contribution >= 4 is 16.9 Å². The molecule has 1 aromatic carbocycles. The molecule has 3 aromatic rings. The number of rotatable bonds is 7. The lowest BCUT2D eigenvalue weighted by Crippen LogP contribution is -2.38. The van der Waals surface area contributed by atoms with Crippen LogP contribution in [0, 0.1) is 6.92 Å². The number of hydrogen-bond acceptors (Lipinski definition) is 7. The van der Waals surface area contributed by atoms with Crippen molar-refractivity contribution in [1.82, 2.24) is 4.98 Å². The number of pyridine rings is 1. The molecule has 31 heavy (non-hydrogen) atoms. The van der Waals surface area contributed by atoms with Gasteiger partial charge in [0.1, 0.15) is 23.7 Å². The third-order valence-electron chi connectivity index (χ3n) is 5.92. The molecule has 3 N–H and O–H groups in total. The molecular formula is C23H26N2O6. The number of nitrogens with two attached hydrogens (primary N) is 1. The van der Waals surface area contributed by atoms with E-state index < -0.39 is 11.3 Å². The number of ether oxygens (including phenoxy) is 3. The van der Waals surface area contributed by atoms with Gasteiger partial charge in [0.15, 0.2) is 0 Å². The number of aliphatic hydroxyl groups is 1. The largest absolute Gasteiger partial charge is 0.489 e. The first-order chi connectivity index (χ1) is 15.0. The zero-order chi connectivity index (χ0) is 22.0. The molecule has 0 atom stereocenters. The van der Waals surface area contributed by atoms with Crippen LogP contribution in [0.5, 0.6) is 11.6 Å². The van der Waals surface area contributed by atoms with Crippen molar-refractivity contribution in [3.05, 3.63) is 52.9 Å². The molecule has 1 aliphatic heterocycles. The van der Waals surface area contributed by atoms with Crippen molar-refractivity contribution in [2.24, 2.45) is 5.73 Å². The molecule has 8 heteroatoms. The Morgan fingerprint density at radius 3 is 2.65 bits per heavy atom. The minimum atomic E-state index is -0.633. The van der Waals surface area contributed by atoms with Gasteiger partial charge in [0.2, 0.25) is 5.88 Å². The fraction of sp³-hybridized carbons (Fsp3) is 0.391. The molecule has 0 unspecified atom stereocenters. The zero-order valence-electron chi connectivity index (χ0n) is 17.6. The molecule has 2 aromatic heterocycles. The maximum Gasteiger partial charge on any atom is 0.252 e. The summed E-state index contributed by atoms with van der Waals surface area (Å²) >= 11 is 0. The number of benzene rings is 1. The number of nitrogens with zero attached hydrogens (tertiary/aromatic N) is 1. The first-order valence-electron chi connectivity index (χ1n) is 10.2. The van der Waals surface area contributed by atoms with Crippen LogP contribution in [0.2, 0.25) is 0 Å². The normalized spacial score (nSPS) is 15.7. The lowest BCUT2D eigenvalue weighted by atomic mass is 9.72. The predicted molar refractivity (Wildman–Crippen MR) is 113 cm³/mol. The van der Waals surface area contributed by atoms with E-state index in [1.165, 1.54) is 0 Å². The first kappa shape index (κ1) is 21.1. The van der Waals surface area contributed by atoms with Gasteiger partial charge in [-0.15, -0.1) is 0 Å². The van der Waals surface area contributed by atoms with E-state index in [1.807, 2.05) is 12.1 Å². The number of aryl methyl sites for hydroxylation is 1. The van der Waals surface area contributed by atoms with Crippen LogP contribution in [0.4, 0.5) is 0 Å². The number of aliphatic hydroxyl groups excluding tert-OH is 1. The van der Waals surface area contributed by atoms with Crippen molar-refractivity contribution in [1.29, 1.82) is 0 Å². The SMILES string of the molecule is COc1ccc(COc2ccc3oc(C)c(C(N)=O)c3c2C2(CO)CCOCC2)cn1. The standard InChI is InChI=1S/C23H26N2O6/c1-14-19(22(24)27)20-16(31-14)4-5-17(21(20)23(13-26)7-9-29-10-8-23)30-12-15-3-6-18(28-2)25-11-15/h3-6,11,26H,7-10,12-13H2,1-2H3,(H2,24,27). The van der Waals surface area contributed by atoms with Gasteiger partial charge in [0.25, 0.3) is 5.91 Å². The highest BCUT2D eigenvalue weighted by Gasteiger charge is 2.40. The average molecular weight is 426 g/mol. The summed E-state index contributed by atoms with van der Waals surface area (Å²) in [6.45, 7) is 2.86. The van der Waals surface area contributed by atoms with Crippen LogP contribution < -0.4 is 15.2 Å². The Labute approximate surface area is 179 Å². The fourth-order valence-corrected chi connectivity index (χ4v) is 4.26. The Kier molecular flexibility index (Phi) is 5.84. The summed E-state index contributed by atoms with van der Waals surface area (Å²) in [4.78, 5) is 16.5. The van der Waals surface area contributed by atoms with Crippen molar-refractivity contribution in [3.63, 3.8) is 0 Å². The molecule has 1 fully saturated rings. The van der Waals surface area contributed by atoms with E-state index in [0.29, 0.717) is 60.0 Å². The Hall–Kier alpha value is -3.10. The van der Waals surface area contributed by atoms with Gasteiger partial charge < -0.3 is 29.5 Å². The van der Waals surface area contributed by atoms with Crippen LogP contribution >= 0.6 is 0 Å². The number of hydrogen-bond donors (Lipinski definition) is 2. The van der Waals surface area contributed by atoms with Gasteiger partial charge >= 0.3 is 0 Å². The highest BCUT2D eigenvalue weighted by atomic mass is 16.5. The quantitative estimate of drug-likeness (QED) is 0.596. The van der Waals surface area contributed by atoms with Crippen LogP contribution in [0.1, 0.15) is 40.1 Å². The molecule has 164 valence electrons. The summed E-state index contributed by atoms with van der Waals surface area (Å²) in [5.41, 5.74) is 7.53. The summed E-state index contributed by atoms with van der Waals surface area (Å²) in [6.07, 6.45) is 2.86. The number of aromatic nitrogens is 1. The van der Waals surface area contributed by atoms with E-state index >= 15 is 0 Å². The molecule has 0 aliphatic carbocycles. The summed E-state index contributed by atoms with van der Waals surface area (Å²) in [7, 11) is 1.56. The topological polar surface area (TPSA) is 117 Å². The van der Waals surface area contributed by atoms with Crippen molar-refractivity contribution in [2.75, 3.05) is 26.9 Å². The third kappa shape index (κ3) is 3.84. The molecule has 3 heterocycles. The highest BCUT2D eigenvalue weighted by molar-refractivity contribution is 6.08. The molecule has 0 bridgehead atoms. The van der Waals surface area contributed by atoms with Crippen LogP contribution in [-0.2, 0) is 16.8 Å². The molecule has 0 radical (unpaired) electrons. The molecular weight excluding hydrogens is 400 g/mol. The molecule has 8 nitrogen and oxygen atoms in total. The number of methoxy groups -OCH3 is 1. The smallest absolute Gasteiger partial charge is 0.252 e. The zero-order valence-corrected chi connectivity index (χ0v) is 17.6. The maximum absolute atomic E-state index is 12.3. The Bertz CT molecular complexity index is 1080. The van der Waals surface area contributed by atoms with Gasteiger partial charge in [0.05, 0.1) is 19.3 Å². The average Bonchev–Trinajstić information content (AvgIpc) is 3.14. The number of fused-ring (bicyclic) bond motifs is 1. The first-order valence-corrected chi connectivity index (χ1v) is 10.2. The lowest BCUT2D eigenvalue weighted by Gasteiger charge is -2.37. The second kappa shape index (κ2) is 8.56. The second-order valence-electron chi connectivity index (χ2n) is 7.76. The second-order valence-corrected chi connectivity index (χ2v) is 7.76. The highest BCUT2D eigenvalue weighted by Crippen LogP contribution is 2.46. The van der Waals surface area contributed by atoms with Gasteiger partial charge in [-0.05, 0) is 38.0 Å². The van der Waals surface area contributed by atoms with Crippen LogP contribution in [0.3, 0.4) is 0 Å². The third-order valence-corrected chi connectivity index (χ3v) is 5.92. The van der Waals surface area contributed by atoms with Crippen molar-refractivity contribution in [2.45, 2.75) is 31.8 Å². The number of amides is 1. The number of carbonyl (C=O) groups is 1. The molecule has 1 aliphatic rings. The Morgan fingerprint density at radius 2 is 2.03 bits per heavy atom. The van der Waals surface area contributed by atoms with Crippen LogP contribution in [-0.4, -0.2) is 42.9 Å². The minimum Gasteiger partial charge on any atom is -0.489 e. The van der Waals surface area contributed by atoms with E-state index in [2.05, 4.69) is 4.98 Å². The van der Waals surface area contributed by atoms with E-state index in [-0.39, 0.29) is 13.2 Å². The van der Waals surface area contributed by atoms with E-state index in [1.54, 1.807) is 32.4 Å². The van der Waals surface area contributed by atoms with Crippen LogP contribution in [0.15, 0.2) is 34.9 Å². The molecule has 0 spiro atoms. The fourth-order valence-electron chi connectivity index (χ4n) is 4.26. The van der Waals surface area contributed by atoms with Gasteiger partial charge in [-0.25, -0.2) is 4.98 Å². The molecule has 0 saturated carbocycles. The van der Waals surface area contributed by atoms with Gasteiger partial charge in [0, 0.05) is 47.4 Å². The Morgan fingerprint density at radius 1 is 1.26 bits per heavy atom. The summed E-state index contributed by atoms with van der Waals surface area (Å²) in [5, 5.41) is 11.1. The minimum absolute atomic E-state index is 0.113. The summed E-state index contributed by atoms with van der Waals surface area (Å²) < 4.78 is 22.7. The van der Waals surface area contributed by atoms with Gasteiger partial charge in [-0.1, -0.05) is 0 Å².